The van der Waals surface area contributed by atoms with Crippen LogP contribution in [0.4, 0.5) is 0 Å². The second-order valence-corrected chi connectivity index (χ2v) is 8.37. The Morgan fingerprint density at radius 1 is 1.04 bits per heavy atom. The predicted octanol–water partition coefficient (Wildman–Crippen LogP) is 1.76. The van der Waals surface area contributed by atoms with Gasteiger partial charge in [0.2, 0.25) is 5.91 Å². The molecular formula is C22H29N5O. The van der Waals surface area contributed by atoms with Gasteiger partial charge in [-0.2, -0.15) is 5.10 Å². The van der Waals surface area contributed by atoms with Crippen molar-refractivity contribution in [2.24, 2.45) is 0 Å². The van der Waals surface area contributed by atoms with E-state index >= 15 is 0 Å². The van der Waals surface area contributed by atoms with E-state index in [2.05, 4.69) is 50.1 Å². The Labute approximate surface area is 166 Å². The van der Waals surface area contributed by atoms with E-state index in [1.807, 2.05) is 0 Å². The highest BCUT2D eigenvalue weighted by molar-refractivity contribution is 5.78. The third-order valence-corrected chi connectivity index (χ3v) is 6.16. The molecule has 5 rings (SSSR count). The molecule has 1 aromatic heterocycles. The summed E-state index contributed by atoms with van der Waals surface area (Å²) in [4.78, 5) is 16.8. The Morgan fingerprint density at radius 2 is 1.79 bits per heavy atom. The Hall–Kier alpha value is -2.18. The summed E-state index contributed by atoms with van der Waals surface area (Å²) in [5, 5.41) is 8.09. The first-order valence-corrected chi connectivity index (χ1v) is 10.7. The molecule has 0 atom stereocenters. The molecule has 148 valence electrons. The average molecular weight is 380 g/mol. The van der Waals surface area contributed by atoms with Gasteiger partial charge in [0.25, 0.3) is 0 Å². The molecule has 3 aliphatic rings. The number of piperazine rings is 1. The summed E-state index contributed by atoms with van der Waals surface area (Å²) >= 11 is 0. The second kappa shape index (κ2) is 7.68. The van der Waals surface area contributed by atoms with Crippen LogP contribution in [0.3, 0.4) is 0 Å². The molecule has 1 saturated heterocycles. The van der Waals surface area contributed by atoms with E-state index in [1.54, 1.807) is 0 Å². The molecular weight excluding hydrogens is 350 g/mol. The summed E-state index contributed by atoms with van der Waals surface area (Å²) in [6.45, 7) is 5.39. The van der Waals surface area contributed by atoms with Gasteiger partial charge in [-0.25, -0.2) is 4.68 Å². The van der Waals surface area contributed by atoms with Crippen molar-refractivity contribution in [2.75, 3.05) is 32.7 Å². The van der Waals surface area contributed by atoms with Gasteiger partial charge in [-0.1, -0.05) is 18.2 Å². The molecule has 2 heterocycles. The maximum absolute atomic E-state index is 12.0. The Kier molecular flexibility index (Phi) is 4.91. The lowest BCUT2D eigenvalue weighted by molar-refractivity contribution is -0.122. The molecule has 1 amide bonds. The minimum Gasteiger partial charge on any atom is -0.352 e. The Balaban J connectivity index is 1.21. The van der Waals surface area contributed by atoms with Gasteiger partial charge >= 0.3 is 0 Å². The van der Waals surface area contributed by atoms with Crippen LogP contribution in [0.1, 0.15) is 36.2 Å². The lowest BCUT2D eigenvalue weighted by atomic mass is 10.2. The molecule has 0 spiro atoms. The highest BCUT2D eigenvalue weighted by Crippen LogP contribution is 2.28. The number of para-hydroxylation sites is 1. The summed E-state index contributed by atoms with van der Waals surface area (Å²) in [6.07, 6.45) is 5.82. The summed E-state index contributed by atoms with van der Waals surface area (Å²) in [6, 6.07) is 10.9. The summed E-state index contributed by atoms with van der Waals surface area (Å²) in [5.41, 5.74) is 5.28. The van der Waals surface area contributed by atoms with Crippen molar-refractivity contribution in [3.63, 3.8) is 0 Å². The number of carbonyl (C=O) groups excluding carboxylic acids is 1. The van der Waals surface area contributed by atoms with Gasteiger partial charge in [0.15, 0.2) is 0 Å². The summed E-state index contributed by atoms with van der Waals surface area (Å²) in [7, 11) is 0. The van der Waals surface area contributed by atoms with Crippen molar-refractivity contribution in [3.05, 3.63) is 47.3 Å². The lowest BCUT2D eigenvalue weighted by Crippen LogP contribution is -2.49. The molecule has 1 N–H and O–H groups in total. The Morgan fingerprint density at radius 3 is 2.54 bits per heavy atom. The van der Waals surface area contributed by atoms with Crippen molar-refractivity contribution >= 4 is 5.91 Å². The average Bonchev–Trinajstić information content (AvgIpc) is 3.26. The van der Waals surface area contributed by atoms with E-state index in [1.165, 1.54) is 29.1 Å². The zero-order valence-electron chi connectivity index (χ0n) is 16.4. The fourth-order valence-electron chi connectivity index (χ4n) is 4.45. The van der Waals surface area contributed by atoms with Crippen LogP contribution in [0.25, 0.3) is 5.69 Å². The predicted molar refractivity (Wildman–Crippen MR) is 108 cm³/mol. The maximum Gasteiger partial charge on any atom is 0.234 e. The second-order valence-electron chi connectivity index (χ2n) is 8.37. The molecule has 2 aromatic rings. The van der Waals surface area contributed by atoms with Crippen LogP contribution in [0.2, 0.25) is 0 Å². The number of carbonyl (C=O) groups is 1. The molecule has 0 unspecified atom stereocenters. The largest absolute Gasteiger partial charge is 0.352 e. The fraction of sp³-hybridized carbons (Fsp3) is 0.545. The lowest BCUT2D eigenvalue weighted by Gasteiger charge is -2.34. The molecule has 2 fully saturated rings. The topological polar surface area (TPSA) is 53.4 Å². The molecule has 6 heteroatoms. The highest BCUT2D eigenvalue weighted by Gasteiger charge is 2.27. The van der Waals surface area contributed by atoms with Gasteiger partial charge in [0.1, 0.15) is 0 Å². The zero-order valence-corrected chi connectivity index (χ0v) is 16.4. The number of fused-ring (bicyclic) bond motifs is 1. The van der Waals surface area contributed by atoms with Gasteiger partial charge in [-0.05, 0) is 49.8 Å². The van der Waals surface area contributed by atoms with Gasteiger partial charge in [-0.3, -0.25) is 14.6 Å². The Bertz CT molecular complexity index is 834. The number of amides is 1. The van der Waals surface area contributed by atoms with E-state index in [0.717, 1.165) is 58.4 Å². The van der Waals surface area contributed by atoms with Crippen LogP contribution in [0, 0.1) is 0 Å². The molecule has 0 radical (unpaired) electrons. The summed E-state index contributed by atoms with van der Waals surface area (Å²) < 4.78 is 2.16. The van der Waals surface area contributed by atoms with Crippen LogP contribution in [0.5, 0.6) is 0 Å². The van der Waals surface area contributed by atoms with Crippen LogP contribution in [-0.2, 0) is 24.2 Å². The third-order valence-electron chi connectivity index (χ3n) is 6.16. The maximum atomic E-state index is 12.0. The van der Waals surface area contributed by atoms with Crippen molar-refractivity contribution < 1.29 is 4.79 Å². The van der Waals surface area contributed by atoms with Crippen molar-refractivity contribution in [1.29, 1.82) is 0 Å². The normalized spacial score (nSPS) is 20.3. The molecule has 1 saturated carbocycles. The first kappa shape index (κ1) is 17.9. The van der Waals surface area contributed by atoms with E-state index in [-0.39, 0.29) is 5.91 Å². The van der Waals surface area contributed by atoms with Crippen LogP contribution < -0.4 is 5.32 Å². The number of rotatable bonds is 6. The first-order chi connectivity index (χ1) is 13.8. The standard InChI is InChI=1S/C22H29N5O/c28-22(23-17-9-10-17)16-26-13-11-25(12-14-26)15-20-19-7-4-8-21(19)27(24-20)18-5-2-1-3-6-18/h1-3,5-6,17H,4,7-16H2,(H,23,28). The number of aromatic nitrogens is 2. The van der Waals surface area contributed by atoms with Crippen molar-refractivity contribution in [2.45, 2.75) is 44.7 Å². The summed E-state index contributed by atoms with van der Waals surface area (Å²) in [5.74, 6) is 0.190. The quantitative estimate of drug-likeness (QED) is 0.831. The minimum absolute atomic E-state index is 0.190. The van der Waals surface area contributed by atoms with Crippen molar-refractivity contribution in [3.8, 4) is 5.69 Å². The van der Waals surface area contributed by atoms with Gasteiger partial charge in [0, 0.05) is 44.5 Å². The van der Waals surface area contributed by atoms with Crippen LogP contribution >= 0.6 is 0 Å². The van der Waals surface area contributed by atoms with Gasteiger partial charge < -0.3 is 5.32 Å². The van der Waals surface area contributed by atoms with Gasteiger partial charge in [0.05, 0.1) is 17.9 Å². The highest BCUT2D eigenvalue weighted by atomic mass is 16.2. The molecule has 6 nitrogen and oxygen atoms in total. The molecule has 2 aliphatic carbocycles. The van der Waals surface area contributed by atoms with Gasteiger partial charge in [-0.15, -0.1) is 0 Å². The number of hydrogen-bond donors (Lipinski definition) is 1. The van der Waals surface area contributed by atoms with E-state index in [9.17, 15) is 4.79 Å². The van der Waals surface area contributed by atoms with E-state index in [0.29, 0.717) is 12.6 Å². The monoisotopic (exact) mass is 379 g/mol. The fourth-order valence-corrected chi connectivity index (χ4v) is 4.45. The first-order valence-electron chi connectivity index (χ1n) is 10.7. The van der Waals surface area contributed by atoms with Crippen molar-refractivity contribution in [1.82, 2.24) is 24.9 Å². The minimum atomic E-state index is 0.190. The SMILES string of the molecule is O=C(CN1CCN(Cc2nn(-c3ccccc3)c3c2CCC3)CC1)NC1CC1. The third kappa shape index (κ3) is 3.84. The van der Waals surface area contributed by atoms with Crippen LogP contribution in [-0.4, -0.2) is 64.3 Å². The smallest absolute Gasteiger partial charge is 0.234 e. The number of benzene rings is 1. The van der Waals surface area contributed by atoms with Crippen LogP contribution in [0.15, 0.2) is 30.3 Å². The molecule has 1 aromatic carbocycles. The zero-order chi connectivity index (χ0) is 18.9. The number of nitrogens with one attached hydrogen (secondary N) is 1. The molecule has 1 aliphatic heterocycles. The number of hydrogen-bond acceptors (Lipinski definition) is 4. The van der Waals surface area contributed by atoms with E-state index < -0.39 is 0 Å². The van der Waals surface area contributed by atoms with E-state index in [4.69, 9.17) is 5.10 Å². The number of nitrogens with zero attached hydrogens (tertiary/aromatic N) is 4. The molecule has 28 heavy (non-hydrogen) atoms. The molecule has 0 bridgehead atoms.